The number of ether oxygens (including phenoxy) is 1. The van der Waals surface area contributed by atoms with Crippen LogP contribution in [-0.2, 0) is 4.74 Å². The number of hydrogen-bond acceptors (Lipinski definition) is 4. The average molecular weight is 286 g/mol. The van der Waals surface area contributed by atoms with Gasteiger partial charge in [-0.15, -0.1) is 0 Å². The lowest BCUT2D eigenvalue weighted by atomic mass is 10.2. The van der Waals surface area contributed by atoms with Crippen LogP contribution in [0.1, 0.15) is 24.2 Å². The van der Waals surface area contributed by atoms with E-state index in [1.807, 2.05) is 0 Å². The third-order valence-corrected chi connectivity index (χ3v) is 2.61. The first-order valence-electron chi connectivity index (χ1n) is 6.23. The highest BCUT2D eigenvalue weighted by atomic mass is 35.5. The zero-order valence-corrected chi connectivity index (χ0v) is 12.3. The molecule has 1 aromatic heterocycles. The third kappa shape index (κ3) is 5.44. The quantitative estimate of drug-likeness (QED) is 0.754. The maximum Gasteiger partial charge on any atom is 0.252 e. The van der Waals surface area contributed by atoms with Gasteiger partial charge in [0.05, 0.1) is 17.2 Å². The zero-order valence-electron chi connectivity index (χ0n) is 11.5. The number of carbonyl (C=O) groups is 1. The van der Waals surface area contributed by atoms with Crippen LogP contribution in [0.15, 0.2) is 12.3 Å². The lowest BCUT2D eigenvalue weighted by Crippen LogP contribution is -2.27. The van der Waals surface area contributed by atoms with Crippen molar-refractivity contribution < 1.29 is 9.53 Å². The van der Waals surface area contributed by atoms with E-state index in [4.69, 9.17) is 16.3 Å². The Morgan fingerprint density at radius 2 is 2.26 bits per heavy atom. The zero-order chi connectivity index (χ0) is 14.3. The second-order valence-corrected chi connectivity index (χ2v) is 4.94. The van der Waals surface area contributed by atoms with E-state index in [0.717, 1.165) is 0 Å². The third-order valence-electron chi connectivity index (χ3n) is 2.32. The van der Waals surface area contributed by atoms with E-state index >= 15 is 0 Å². The Morgan fingerprint density at radius 1 is 1.53 bits per heavy atom. The van der Waals surface area contributed by atoms with Crippen molar-refractivity contribution in [2.45, 2.75) is 13.8 Å². The van der Waals surface area contributed by atoms with E-state index < -0.39 is 0 Å². The van der Waals surface area contributed by atoms with Crippen molar-refractivity contribution in [3.63, 3.8) is 0 Å². The van der Waals surface area contributed by atoms with Gasteiger partial charge in [-0.25, -0.2) is 4.98 Å². The Labute approximate surface area is 118 Å². The first-order chi connectivity index (χ1) is 9.04. The standard InChI is InChI=1S/C13H20ClN3O2/c1-9(2)8-19-5-4-16-13(18)10-6-11(14)12(15-3)17-7-10/h6-7,9H,4-5,8H2,1-3H3,(H,15,17)(H,16,18). The first kappa shape index (κ1) is 15.7. The van der Waals surface area contributed by atoms with Crippen molar-refractivity contribution in [1.29, 1.82) is 0 Å². The summed E-state index contributed by atoms with van der Waals surface area (Å²) < 4.78 is 5.38. The number of hydrogen-bond donors (Lipinski definition) is 2. The molecule has 0 fully saturated rings. The maximum absolute atomic E-state index is 11.8. The van der Waals surface area contributed by atoms with Gasteiger partial charge in [-0.1, -0.05) is 25.4 Å². The van der Waals surface area contributed by atoms with Crippen LogP contribution in [0.25, 0.3) is 0 Å². The molecule has 1 amide bonds. The molecule has 0 unspecified atom stereocenters. The van der Waals surface area contributed by atoms with E-state index in [2.05, 4.69) is 29.5 Å². The molecule has 0 aliphatic heterocycles. The van der Waals surface area contributed by atoms with Crippen molar-refractivity contribution in [1.82, 2.24) is 10.3 Å². The van der Waals surface area contributed by atoms with Gasteiger partial charge in [0.2, 0.25) is 0 Å². The molecule has 1 heterocycles. The SMILES string of the molecule is CNc1ncc(C(=O)NCCOCC(C)C)cc1Cl. The summed E-state index contributed by atoms with van der Waals surface area (Å²) in [4.78, 5) is 15.9. The molecule has 0 radical (unpaired) electrons. The van der Waals surface area contributed by atoms with Crippen LogP contribution in [-0.4, -0.2) is 37.7 Å². The molecule has 0 bridgehead atoms. The summed E-state index contributed by atoms with van der Waals surface area (Å²) in [5.41, 5.74) is 0.438. The maximum atomic E-state index is 11.8. The molecule has 106 valence electrons. The topological polar surface area (TPSA) is 63.2 Å². The van der Waals surface area contributed by atoms with Gasteiger partial charge in [0.1, 0.15) is 5.82 Å². The lowest BCUT2D eigenvalue weighted by molar-refractivity contribution is 0.0886. The number of amides is 1. The monoisotopic (exact) mass is 285 g/mol. The number of pyridine rings is 1. The van der Waals surface area contributed by atoms with Gasteiger partial charge in [-0.2, -0.15) is 0 Å². The Bertz CT molecular complexity index is 424. The highest BCUT2D eigenvalue weighted by Crippen LogP contribution is 2.19. The van der Waals surface area contributed by atoms with Gasteiger partial charge in [0.15, 0.2) is 0 Å². The molecule has 0 aliphatic carbocycles. The molecule has 0 aromatic carbocycles. The van der Waals surface area contributed by atoms with E-state index in [-0.39, 0.29) is 5.91 Å². The van der Waals surface area contributed by atoms with Gasteiger partial charge in [-0.05, 0) is 12.0 Å². The largest absolute Gasteiger partial charge is 0.379 e. The van der Waals surface area contributed by atoms with Crippen LogP contribution in [0.2, 0.25) is 5.02 Å². The summed E-state index contributed by atoms with van der Waals surface area (Å²) in [6, 6.07) is 1.59. The minimum absolute atomic E-state index is 0.204. The number of halogens is 1. The highest BCUT2D eigenvalue weighted by molar-refractivity contribution is 6.33. The van der Waals surface area contributed by atoms with Crippen LogP contribution >= 0.6 is 11.6 Å². The molecule has 6 heteroatoms. The van der Waals surface area contributed by atoms with Gasteiger partial charge >= 0.3 is 0 Å². The molecule has 0 spiro atoms. The van der Waals surface area contributed by atoms with E-state index in [1.165, 1.54) is 6.20 Å². The predicted octanol–water partition coefficient (Wildman–Crippen LogP) is 2.18. The number of nitrogens with zero attached hydrogens (tertiary/aromatic N) is 1. The Kier molecular flexibility index (Phi) is 6.59. The van der Waals surface area contributed by atoms with Crippen molar-refractivity contribution in [2.24, 2.45) is 5.92 Å². The Balaban J connectivity index is 2.39. The number of anilines is 1. The van der Waals surface area contributed by atoms with Crippen LogP contribution in [0.3, 0.4) is 0 Å². The normalized spacial score (nSPS) is 10.6. The minimum Gasteiger partial charge on any atom is -0.379 e. The van der Waals surface area contributed by atoms with E-state index in [9.17, 15) is 4.79 Å². The minimum atomic E-state index is -0.204. The van der Waals surface area contributed by atoms with Crippen LogP contribution in [0, 0.1) is 5.92 Å². The second kappa shape index (κ2) is 7.96. The van der Waals surface area contributed by atoms with Crippen LogP contribution in [0.4, 0.5) is 5.82 Å². The number of rotatable bonds is 7. The first-order valence-corrected chi connectivity index (χ1v) is 6.61. The lowest BCUT2D eigenvalue weighted by Gasteiger charge is -2.09. The summed E-state index contributed by atoms with van der Waals surface area (Å²) in [6.45, 7) is 5.82. The molecular formula is C13H20ClN3O2. The van der Waals surface area contributed by atoms with Gasteiger partial charge in [0.25, 0.3) is 5.91 Å². The fourth-order valence-corrected chi connectivity index (χ4v) is 1.66. The van der Waals surface area contributed by atoms with Crippen molar-refractivity contribution in [3.8, 4) is 0 Å². The summed E-state index contributed by atoms with van der Waals surface area (Å²) in [7, 11) is 1.72. The highest BCUT2D eigenvalue weighted by Gasteiger charge is 2.08. The number of carbonyl (C=O) groups excluding carboxylic acids is 1. The van der Waals surface area contributed by atoms with Gasteiger partial charge < -0.3 is 15.4 Å². The van der Waals surface area contributed by atoms with Gasteiger partial charge in [0, 0.05) is 26.4 Å². The summed E-state index contributed by atoms with van der Waals surface area (Å²) in [6.07, 6.45) is 1.49. The molecule has 0 saturated carbocycles. The molecule has 0 saturated heterocycles. The van der Waals surface area contributed by atoms with Crippen molar-refractivity contribution >= 4 is 23.3 Å². The van der Waals surface area contributed by atoms with E-state index in [1.54, 1.807) is 13.1 Å². The molecule has 5 nitrogen and oxygen atoms in total. The molecule has 2 N–H and O–H groups in total. The molecule has 0 aliphatic rings. The van der Waals surface area contributed by atoms with Crippen molar-refractivity contribution in [2.75, 3.05) is 32.1 Å². The van der Waals surface area contributed by atoms with Gasteiger partial charge in [-0.3, -0.25) is 4.79 Å². The number of aromatic nitrogens is 1. The molecule has 1 rings (SSSR count). The summed E-state index contributed by atoms with van der Waals surface area (Å²) >= 11 is 5.96. The fraction of sp³-hybridized carbons (Fsp3) is 0.538. The fourth-order valence-electron chi connectivity index (χ4n) is 1.40. The Morgan fingerprint density at radius 3 is 2.84 bits per heavy atom. The smallest absolute Gasteiger partial charge is 0.252 e. The average Bonchev–Trinajstić information content (AvgIpc) is 2.37. The molecule has 19 heavy (non-hydrogen) atoms. The molecule has 0 atom stereocenters. The van der Waals surface area contributed by atoms with Crippen LogP contribution in [0.5, 0.6) is 0 Å². The number of nitrogens with one attached hydrogen (secondary N) is 2. The van der Waals surface area contributed by atoms with Crippen molar-refractivity contribution in [3.05, 3.63) is 22.8 Å². The second-order valence-electron chi connectivity index (χ2n) is 4.53. The summed E-state index contributed by atoms with van der Waals surface area (Å²) in [5.74, 6) is 0.844. The molecular weight excluding hydrogens is 266 g/mol. The summed E-state index contributed by atoms with van der Waals surface area (Å²) in [5, 5.41) is 6.01. The molecule has 1 aromatic rings. The Hall–Kier alpha value is -1.33. The van der Waals surface area contributed by atoms with Crippen LogP contribution < -0.4 is 10.6 Å². The predicted molar refractivity (Wildman–Crippen MR) is 76.8 cm³/mol. The van der Waals surface area contributed by atoms with E-state index in [0.29, 0.717) is 42.1 Å².